The van der Waals surface area contributed by atoms with Gasteiger partial charge in [0.1, 0.15) is 0 Å². The van der Waals surface area contributed by atoms with Crippen LogP contribution in [0.15, 0.2) is 5.38 Å². The van der Waals surface area contributed by atoms with Crippen LogP contribution in [-0.4, -0.2) is 43.1 Å². The summed E-state index contributed by atoms with van der Waals surface area (Å²) < 4.78 is 4.86. The van der Waals surface area contributed by atoms with Crippen LogP contribution in [0.3, 0.4) is 0 Å². The van der Waals surface area contributed by atoms with E-state index in [2.05, 4.69) is 9.88 Å². The number of ether oxygens (including phenoxy) is 1. The molecule has 0 radical (unpaired) electrons. The average molecular weight is 228 g/mol. The lowest BCUT2D eigenvalue weighted by Gasteiger charge is -2.06. The van der Waals surface area contributed by atoms with E-state index in [1.165, 1.54) is 11.3 Å². The maximum atomic E-state index is 11.3. The highest BCUT2D eigenvalue weighted by molar-refractivity contribution is 7.09. The molecule has 15 heavy (non-hydrogen) atoms. The summed E-state index contributed by atoms with van der Waals surface area (Å²) in [6.07, 6.45) is 0.872. The zero-order chi connectivity index (χ0) is 11.3. The molecule has 0 saturated carbocycles. The molecule has 1 heterocycles. The maximum absolute atomic E-state index is 11.3. The van der Waals surface area contributed by atoms with Gasteiger partial charge >= 0.3 is 5.97 Å². The first kappa shape index (κ1) is 12.1. The molecular formula is C10H16N2O2S. The van der Waals surface area contributed by atoms with Crippen LogP contribution in [0.4, 0.5) is 0 Å². The number of rotatable bonds is 5. The van der Waals surface area contributed by atoms with Gasteiger partial charge in [-0.2, -0.15) is 0 Å². The van der Waals surface area contributed by atoms with Crippen molar-refractivity contribution in [2.75, 3.05) is 27.2 Å². The number of carbonyl (C=O) groups is 1. The summed E-state index contributed by atoms with van der Waals surface area (Å²) in [5.41, 5.74) is 0.426. The van der Waals surface area contributed by atoms with Gasteiger partial charge in [0.05, 0.1) is 11.6 Å². The van der Waals surface area contributed by atoms with Crippen LogP contribution in [-0.2, 0) is 11.2 Å². The molecule has 0 saturated heterocycles. The van der Waals surface area contributed by atoms with E-state index in [-0.39, 0.29) is 5.97 Å². The van der Waals surface area contributed by atoms with E-state index in [1.807, 2.05) is 14.1 Å². The lowest BCUT2D eigenvalue weighted by atomic mass is 10.4. The molecule has 1 aromatic rings. The monoisotopic (exact) mass is 228 g/mol. The predicted octanol–water partition coefficient (Wildman–Crippen LogP) is 1.42. The minimum absolute atomic E-state index is 0.329. The SMILES string of the molecule is CCOC(=O)c1csc(CCN(C)C)n1. The summed E-state index contributed by atoms with van der Waals surface area (Å²) in [4.78, 5) is 17.6. The first-order valence-electron chi connectivity index (χ1n) is 4.89. The van der Waals surface area contributed by atoms with E-state index in [4.69, 9.17) is 4.74 Å². The summed E-state index contributed by atoms with van der Waals surface area (Å²) in [7, 11) is 4.03. The summed E-state index contributed by atoms with van der Waals surface area (Å²) in [5.74, 6) is -0.329. The number of thiazole rings is 1. The summed E-state index contributed by atoms with van der Waals surface area (Å²) >= 11 is 1.51. The van der Waals surface area contributed by atoms with Crippen LogP contribution < -0.4 is 0 Å². The molecule has 0 aliphatic rings. The second kappa shape index (κ2) is 5.82. The molecule has 0 atom stereocenters. The minimum atomic E-state index is -0.329. The van der Waals surface area contributed by atoms with Crippen molar-refractivity contribution in [3.63, 3.8) is 0 Å². The summed E-state index contributed by atoms with van der Waals surface area (Å²) in [5, 5.41) is 2.73. The lowest BCUT2D eigenvalue weighted by molar-refractivity contribution is 0.0520. The van der Waals surface area contributed by atoms with Crippen molar-refractivity contribution in [3.8, 4) is 0 Å². The van der Waals surface area contributed by atoms with Crippen LogP contribution >= 0.6 is 11.3 Å². The molecule has 0 fully saturated rings. The number of hydrogen-bond acceptors (Lipinski definition) is 5. The van der Waals surface area contributed by atoms with Gasteiger partial charge in [-0.1, -0.05) is 0 Å². The number of nitrogens with zero attached hydrogens (tertiary/aromatic N) is 2. The molecule has 1 aromatic heterocycles. The van der Waals surface area contributed by atoms with Crippen molar-refractivity contribution in [1.82, 2.24) is 9.88 Å². The fourth-order valence-electron chi connectivity index (χ4n) is 1.04. The Labute approximate surface area is 93.9 Å². The predicted molar refractivity (Wildman–Crippen MR) is 60.3 cm³/mol. The van der Waals surface area contributed by atoms with Crippen LogP contribution in [0.2, 0.25) is 0 Å². The molecule has 0 aromatic carbocycles. The van der Waals surface area contributed by atoms with Gasteiger partial charge in [-0.05, 0) is 21.0 Å². The van der Waals surface area contributed by atoms with E-state index < -0.39 is 0 Å². The van der Waals surface area contributed by atoms with Crippen molar-refractivity contribution in [3.05, 3.63) is 16.1 Å². The fourth-order valence-corrected chi connectivity index (χ4v) is 1.80. The van der Waals surface area contributed by atoms with E-state index in [0.29, 0.717) is 12.3 Å². The topological polar surface area (TPSA) is 42.4 Å². The third kappa shape index (κ3) is 3.97. The van der Waals surface area contributed by atoms with E-state index in [0.717, 1.165) is 18.0 Å². The average Bonchev–Trinajstić information content (AvgIpc) is 2.63. The molecule has 5 heteroatoms. The third-order valence-electron chi connectivity index (χ3n) is 1.81. The van der Waals surface area contributed by atoms with Gasteiger partial charge in [-0.25, -0.2) is 9.78 Å². The van der Waals surface area contributed by atoms with E-state index >= 15 is 0 Å². The van der Waals surface area contributed by atoms with Crippen LogP contribution in [0.5, 0.6) is 0 Å². The van der Waals surface area contributed by atoms with Gasteiger partial charge < -0.3 is 9.64 Å². The normalized spacial score (nSPS) is 10.7. The third-order valence-corrected chi connectivity index (χ3v) is 2.72. The summed E-state index contributed by atoms with van der Waals surface area (Å²) in [6, 6.07) is 0. The van der Waals surface area contributed by atoms with Crippen molar-refractivity contribution < 1.29 is 9.53 Å². The quantitative estimate of drug-likeness (QED) is 0.715. The van der Waals surface area contributed by atoms with Gasteiger partial charge in [0.25, 0.3) is 0 Å². The van der Waals surface area contributed by atoms with Gasteiger partial charge in [-0.3, -0.25) is 0 Å². The molecule has 0 unspecified atom stereocenters. The largest absolute Gasteiger partial charge is 0.461 e. The zero-order valence-electron chi connectivity index (χ0n) is 9.32. The molecule has 4 nitrogen and oxygen atoms in total. The first-order valence-corrected chi connectivity index (χ1v) is 5.77. The van der Waals surface area contributed by atoms with Crippen molar-refractivity contribution in [2.45, 2.75) is 13.3 Å². The number of aromatic nitrogens is 1. The van der Waals surface area contributed by atoms with Gasteiger partial charge in [0, 0.05) is 18.3 Å². The number of carbonyl (C=O) groups excluding carboxylic acids is 1. The molecule has 0 aliphatic carbocycles. The van der Waals surface area contributed by atoms with Crippen molar-refractivity contribution in [2.24, 2.45) is 0 Å². The Morgan fingerprint density at radius 1 is 1.60 bits per heavy atom. The van der Waals surface area contributed by atoms with Crippen molar-refractivity contribution in [1.29, 1.82) is 0 Å². The molecule has 0 amide bonds. The minimum Gasteiger partial charge on any atom is -0.461 e. The molecule has 0 bridgehead atoms. The number of esters is 1. The van der Waals surface area contributed by atoms with Crippen molar-refractivity contribution >= 4 is 17.3 Å². The molecule has 84 valence electrons. The highest BCUT2D eigenvalue weighted by Crippen LogP contribution is 2.11. The van der Waals surface area contributed by atoms with Gasteiger partial charge in [-0.15, -0.1) is 11.3 Å². The van der Waals surface area contributed by atoms with E-state index in [9.17, 15) is 4.79 Å². The summed E-state index contributed by atoms with van der Waals surface area (Å²) in [6.45, 7) is 3.12. The Morgan fingerprint density at radius 2 is 2.33 bits per heavy atom. The molecular weight excluding hydrogens is 212 g/mol. The Kier molecular flexibility index (Phi) is 4.71. The molecule has 0 N–H and O–H groups in total. The maximum Gasteiger partial charge on any atom is 0.357 e. The van der Waals surface area contributed by atoms with E-state index in [1.54, 1.807) is 12.3 Å². The Bertz CT molecular complexity index is 323. The Hall–Kier alpha value is -0.940. The smallest absolute Gasteiger partial charge is 0.357 e. The highest BCUT2D eigenvalue weighted by Gasteiger charge is 2.11. The second-order valence-electron chi connectivity index (χ2n) is 3.40. The first-order chi connectivity index (χ1) is 7.13. The standard InChI is InChI=1S/C10H16N2O2S/c1-4-14-10(13)8-7-15-9(11-8)5-6-12(2)3/h7H,4-6H2,1-3H3. The second-order valence-corrected chi connectivity index (χ2v) is 4.34. The van der Waals surface area contributed by atoms with Crippen LogP contribution in [0, 0.1) is 0 Å². The van der Waals surface area contributed by atoms with Crippen LogP contribution in [0.25, 0.3) is 0 Å². The molecule has 0 aliphatic heterocycles. The Balaban J connectivity index is 2.52. The Morgan fingerprint density at radius 3 is 2.93 bits per heavy atom. The lowest BCUT2D eigenvalue weighted by Crippen LogP contribution is -2.15. The number of likely N-dealkylation sites (N-methyl/N-ethyl adjacent to an activating group) is 1. The fraction of sp³-hybridized carbons (Fsp3) is 0.600. The van der Waals surface area contributed by atoms with Gasteiger partial charge in [0.2, 0.25) is 0 Å². The molecule has 1 rings (SSSR count). The van der Waals surface area contributed by atoms with Crippen LogP contribution in [0.1, 0.15) is 22.4 Å². The molecule has 0 spiro atoms. The zero-order valence-corrected chi connectivity index (χ0v) is 10.1. The number of hydrogen-bond donors (Lipinski definition) is 0. The van der Waals surface area contributed by atoms with Gasteiger partial charge in [0.15, 0.2) is 5.69 Å². The highest BCUT2D eigenvalue weighted by atomic mass is 32.1.